The lowest BCUT2D eigenvalue weighted by atomic mass is 10.1. The zero-order valence-electron chi connectivity index (χ0n) is 32.9. The van der Waals surface area contributed by atoms with Crippen molar-refractivity contribution in [2.24, 2.45) is 0 Å². The van der Waals surface area contributed by atoms with Crippen LogP contribution in [0.5, 0.6) is 11.5 Å². The largest absolute Gasteiger partial charge is 0.573 e. The predicted molar refractivity (Wildman–Crippen MR) is 217 cm³/mol. The Hall–Kier alpha value is -6.28. The Kier molecular flexibility index (Phi) is 13.9. The zero-order chi connectivity index (χ0) is 44.8. The third kappa shape index (κ3) is 12.4. The Morgan fingerprint density at radius 3 is 1.41 bits per heavy atom. The van der Waals surface area contributed by atoms with Crippen molar-refractivity contribution >= 4 is 42.7 Å². The highest BCUT2D eigenvalue weighted by molar-refractivity contribution is 7.92. The maximum Gasteiger partial charge on any atom is 0.573 e. The first-order chi connectivity index (χ1) is 28.5. The molecule has 2 N–H and O–H groups in total. The molecule has 12 nitrogen and oxygen atoms in total. The summed E-state index contributed by atoms with van der Waals surface area (Å²) in [5.74, 6) is 0.235. The van der Waals surface area contributed by atoms with Crippen LogP contribution in [0, 0.1) is 6.92 Å². The van der Waals surface area contributed by atoms with Crippen molar-refractivity contribution in [2.45, 2.75) is 67.6 Å². The average Bonchev–Trinajstić information content (AvgIpc) is 3.19. The van der Waals surface area contributed by atoms with E-state index in [1.54, 1.807) is 77.1 Å². The van der Waals surface area contributed by atoms with Gasteiger partial charge in [-0.25, -0.2) is 36.8 Å². The number of rotatable bonds is 12. The number of hydrogen-bond acceptors (Lipinski definition) is 12. The van der Waals surface area contributed by atoms with Crippen molar-refractivity contribution in [1.29, 1.82) is 0 Å². The first-order valence-corrected chi connectivity index (χ1v) is 21.2. The lowest BCUT2D eigenvalue weighted by molar-refractivity contribution is -0.275. The van der Waals surface area contributed by atoms with E-state index in [1.807, 2.05) is 0 Å². The molecule has 0 aliphatic rings. The minimum Gasteiger partial charge on any atom is -0.406 e. The van der Waals surface area contributed by atoms with Gasteiger partial charge in [-0.1, -0.05) is 24.3 Å². The summed E-state index contributed by atoms with van der Waals surface area (Å²) in [6.07, 6.45) is -6.82. The molecule has 0 fully saturated rings. The Morgan fingerprint density at radius 2 is 0.967 bits per heavy atom. The molecule has 0 atom stereocenters. The van der Waals surface area contributed by atoms with Gasteiger partial charge in [-0.05, 0) is 107 Å². The van der Waals surface area contributed by atoms with E-state index >= 15 is 0 Å². The van der Waals surface area contributed by atoms with Crippen molar-refractivity contribution in [3.8, 4) is 34.0 Å². The van der Waals surface area contributed by atoms with Crippen LogP contribution >= 0.6 is 0 Å². The van der Waals surface area contributed by atoms with Crippen molar-refractivity contribution in [2.75, 3.05) is 10.6 Å². The van der Waals surface area contributed by atoms with Gasteiger partial charge in [0, 0.05) is 34.1 Å². The molecule has 0 saturated carbocycles. The molecule has 20 heteroatoms. The molecule has 0 saturated heterocycles. The van der Waals surface area contributed by atoms with Crippen molar-refractivity contribution in [3.63, 3.8) is 0 Å². The Labute approximate surface area is 347 Å². The molecule has 0 radical (unpaired) electrons. The number of anilines is 4. The van der Waals surface area contributed by atoms with E-state index in [4.69, 9.17) is 0 Å². The molecular weight excluding hydrogens is 851 g/mol. The van der Waals surface area contributed by atoms with E-state index in [-0.39, 0.29) is 21.3 Å². The van der Waals surface area contributed by atoms with Crippen LogP contribution in [0.3, 0.4) is 0 Å². The third-order valence-corrected chi connectivity index (χ3v) is 13.0. The molecule has 0 aliphatic carbocycles. The number of aromatic nitrogens is 4. The van der Waals surface area contributed by atoms with Gasteiger partial charge in [-0.2, -0.15) is 0 Å². The van der Waals surface area contributed by atoms with Crippen LogP contribution in [-0.2, 0) is 19.7 Å². The highest BCUT2D eigenvalue weighted by Gasteiger charge is 2.32. The highest BCUT2D eigenvalue weighted by Crippen LogP contribution is 2.31. The van der Waals surface area contributed by atoms with Crippen LogP contribution in [0.1, 0.15) is 33.3 Å². The minimum absolute atomic E-state index is 0.231. The van der Waals surface area contributed by atoms with Crippen LogP contribution in [0.25, 0.3) is 22.5 Å². The average molecular weight is 889 g/mol. The van der Waals surface area contributed by atoms with Crippen molar-refractivity contribution < 1.29 is 52.7 Å². The lowest BCUT2D eigenvalue weighted by Crippen LogP contribution is -2.17. The molecule has 0 amide bonds. The molecule has 6 aromatic rings. The molecular formula is C41H38F6N6O6S2. The number of ether oxygens (including phenoxy) is 2. The Bertz CT molecular complexity index is 2650. The van der Waals surface area contributed by atoms with Gasteiger partial charge in [0.1, 0.15) is 35.8 Å². The van der Waals surface area contributed by atoms with E-state index in [2.05, 4.69) is 40.0 Å². The Balaban J connectivity index is 0.000000231. The van der Waals surface area contributed by atoms with Gasteiger partial charge in [0.05, 0.1) is 31.7 Å². The number of hydrogen-bond donors (Lipinski definition) is 2. The van der Waals surface area contributed by atoms with Gasteiger partial charge in [0.25, 0.3) is 0 Å². The van der Waals surface area contributed by atoms with Crippen LogP contribution in [0.2, 0.25) is 0 Å². The second-order valence-corrected chi connectivity index (χ2v) is 18.6. The molecule has 0 aliphatic heterocycles. The van der Waals surface area contributed by atoms with E-state index in [0.717, 1.165) is 0 Å². The number of alkyl halides is 6. The number of benzene rings is 4. The van der Waals surface area contributed by atoms with E-state index in [0.29, 0.717) is 51.1 Å². The molecule has 2 heterocycles. The summed E-state index contributed by atoms with van der Waals surface area (Å²) in [5.41, 5.74) is 4.27. The highest BCUT2D eigenvalue weighted by atomic mass is 32.2. The summed E-state index contributed by atoms with van der Waals surface area (Å²) < 4.78 is 130. The fourth-order valence-electron chi connectivity index (χ4n) is 5.38. The van der Waals surface area contributed by atoms with Crippen molar-refractivity contribution in [3.05, 3.63) is 121 Å². The summed E-state index contributed by atoms with van der Waals surface area (Å²) >= 11 is 0. The number of nitrogens with zero attached hydrogens (tertiary/aromatic N) is 4. The SMILES string of the molecule is CC(C)S(=O)(=O)c1ccc(-c2cc(Nc3ccc(OC(F)(F)F)cc3)ncn2)cc1.Cc1c(Nc2ccc(OC(F)(F)F)cc2)ncnc1-c1ccc(S(=O)(=O)C(C)C)cc1. The van der Waals surface area contributed by atoms with Gasteiger partial charge < -0.3 is 20.1 Å². The summed E-state index contributed by atoms with van der Waals surface area (Å²) in [6, 6.07) is 24.9. The maximum atomic E-state index is 12.3. The first-order valence-electron chi connectivity index (χ1n) is 18.1. The van der Waals surface area contributed by atoms with Gasteiger partial charge in [-0.3, -0.25) is 0 Å². The summed E-state index contributed by atoms with van der Waals surface area (Å²) in [7, 11) is -6.74. The second kappa shape index (κ2) is 18.5. The van der Waals surface area contributed by atoms with Crippen LogP contribution in [-0.4, -0.2) is 60.0 Å². The molecule has 0 unspecified atom stereocenters. The molecule has 61 heavy (non-hydrogen) atoms. The minimum atomic E-state index is -4.75. The molecule has 2 aromatic heterocycles. The summed E-state index contributed by atoms with van der Waals surface area (Å²) in [4.78, 5) is 17.2. The topological polar surface area (TPSA) is 162 Å². The predicted octanol–water partition coefficient (Wildman–Crippen LogP) is 10.2. The monoisotopic (exact) mass is 888 g/mol. The molecule has 0 bridgehead atoms. The van der Waals surface area contributed by atoms with Crippen LogP contribution in [0.15, 0.2) is 126 Å². The van der Waals surface area contributed by atoms with Crippen LogP contribution in [0.4, 0.5) is 49.4 Å². The number of halogens is 6. The first kappa shape index (κ1) is 45.8. The lowest BCUT2D eigenvalue weighted by Gasteiger charge is -2.13. The fourth-order valence-corrected chi connectivity index (χ4v) is 7.50. The molecule has 322 valence electrons. The zero-order valence-corrected chi connectivity index (χ0v) is 34.6. The van der Waals surface area contributed by atoms with Gasteiger partial charge in [0.15, 0.2) is 19.7 Å². The fraction of sp³-hybridized carbons (Fsp3) is 0.220. The van der Waals surface area contributed by atoms with E-state index in [1.165, 1.54) is 73.3 Å². The van der Waals surface area contributed by atoms with E-state index in [9.17, 15) is 43.2 Å². The van der Waals surface area contributed by atoms with Gasteiger partial charge in [-0.15, -0.1) is 26.3 Å². The standard InChI is InChI=1S/C21H20F3N3O3S.C20H18F3N3O3S/c1-13(2)31(28,29)18-10-4-15(5-11-18)19-14(3)20(26-12-25-19)27-16-6-8-17(9-7-16)30-21(22,23)24;1-13(2)30(27,28)17-9-3-14(4-10-17)18-11-19(25-12-24-18)26-15-5-7-16(8-6-15)29-20(21,22)23/h4-13H,1-3H3,(H,25,26,27);3-13H,1-2H3,(H,24,25,26). The Morgan fingerprint density at radius 1 is 0.541 bits per heavy atom. The summed E-state index contributed by atoms with van der Waals surface area (Å²) in [5, 5.41) is 4.96. The quantitative estimate of drug-likeness (QED) is 0.112. The third-order valence-electron chi connectivity index (χ3n) is 8.64. The summed E-state index contributed by atoms with van der Waals surface area (Å²) in [6.45, 7) is 8.27. The normalized spacial score (nSPS) is 12.1. The van der Waals surface area contributed by atoms with Gasteiger partial charge >= 0.3 is 12.7 Å². The smallest absolute Gasteiger partial charge is 0.406 e. The number of nitrogens with one attached hydrogen (secondary N) is 2. The maximum absolute atomic E-state index is 12.3. The molecule has 6 rings (SSSR count). The number of sulfone groups is 2. The second-order valence-electron chi connectivity index (χ2n) is 13.6. The molecule has 4 aromatic carbocycles. The van der Waals surface area contributed by atoms with Crippen molar-refractivity contribution in [1.82, 2.24) is 19.9 Å². The molecule has 0 spiro atoms. The van der Waals surface area contributed by atoms with Gasteiger partial charge in [0.2, 0.25) is 0 Å². The van der Waals surface area contributed by atoms with Crippen LogP contribution < -0.4 is 20.1 Å². The van der Waals surface area contributed by atoms with E-state index < -0.39 is 42.9 Å².